The van der Waals surface area contributed by atoms with Crippen LogP contribution in [0.2, 0.25) is 0 Å². The molecule has 0 atom stereocenters. The summed E-state index contributed by atoms with van der Waals surface area (Å²) in [5.41, 5.74) is 9.11. The van der Waals surface area contributed by atoms with Crippen LogP contribution in [0, 0.1) is 0 Å². The van der Waals surface area contributed by atoms with Gasteiger partial charge < -0.3 is 0 Å². The van der Waals surface area contributed by atoms with Gasteiger partial charge in [-0.2, -0.15) is 0 Å². The Hall–Kier alpha value is -6.93. The molecule has 0 saturated heterocycles. The van der Waals surface area contributed by atoms with Crippen molar-refractivity contribution >= 4 is 63.1 Å². The summed E-state index contributed by atoms with van der Waals surface area (Å²) in [6, 6.07) is 60.9. The van der Waals surface area contributed by atoms with Crippen LogP contribution in [0.4, 0.5) is 0 Å². The number of benzene rings is 7. The molecule has 0 radical (unpaired) electrons. The molecule has 7 aromatic carbocycles. The van der Waals surface area contributed by atoms with Crippen molar-refractivity contribution in [3.05, 3.63) is 176 Å². The van der Waals surface area contributed by atoms with E-state index in [1.165, 1.54) is 20.2 Å². The number of hydrogen-bond donors (Lipinski definition) is 0. The summed E-state index contributed by atoms with van der Waals surface area (Å²) < 4.78 is 4.65. The molecule has 0 fully saturated rings. The molecule has 0 aliphatic rings. The van der Waals surface area contributed by atoms with Crippen molar-refractivity contribution < 1.29 is 0 Å². The van der Waals surface area contributed by atoms with Gasteiger partial charge in [0.25, 0.3) is 0 Å². The Morgan fingerprint density at radius 3 is 1.61 bits per heavy atom. The Morgan fingerprint density at radius 1 is 0.321 bits per heavy atom. The molecule has 4 aromatic heterocycles. The van der Waals surface area contributed by atoms with E-state index < -0.39 is 0 Å². The van der Waals surface area contributed by atoms with Gasteiger partial charge in [-0.15, -0.1) is 22.7 Å². The second kappa shape index (κ2) is 13.4. The fourth-order valence-electron chi connectivity index (χ4n) is 7.47. The van der Waals surface area contributed by atoms with Gasteiger partial charge >= 0.3 is 0 Å². The highest BCUT2D eigenvalue weighted by atomic mass is 32.1. The maximum Gasteiger partial charge on any atom is 0.164 e. The lowest BCUT2D eigenvalue weighted by molar-refractivity contribution is 1.07. The van der Waals surface area contributed by atoms with Crippen LogP contribution < -0.4 is 0 Å². The molecule has 7 heteroatoms. The zero-order valence-corrected chi connectivity index (χ0v) is 31.4. The number of thiophene rings is 2. The number of aromatic nitrogens is 5. The van der Waals surface area contributed by atoms with E-state index >= 15 is 0 Å². The van der Waals surface area contributed by atoms with Crippen molar-refractivity contribution in [1.82, 2.24) is 24.9 Å². The summed E-state index contributed by atoms with van der Waals surface area (Å²) in [5, 5.41) is 3.51. The van der Waals surface area contributed by atoms with Crippen molar-refractivity contribution in [3.63, 3.8) is 0 Å². The largest absolute Gasteiger partial charge is 0.226 e. The van der Waals surface area contributed by atoms with Crippen molar-refractivity contribution in [2.75, 3.05) is 0 Å². The average molecular weight is 752 g/mol. The number of rotatable bonds is 6. The molecule has 0 saturated carbocycles. The summed E-state index contributed by atoms with van der Waals surface area (Å²) in [5.74, 6) is 2.63. The van der Waals surface area contributed by atoms with Gasteiger partial charge in [-0.3, -0.25) is 0 Å². The normalized spacial score (nSPS) is 11.6. The minimum absolute atomic E-state index is 0.633. The van der Waals surface area contributed by atoms with Crippen molar-refractivity contribution in [3.8, 4) is 67.9 Å². The molecule has 0 spiro atoms. The maximum atomic E-state index is 5.32. The Balaban J connectivity index is 1.08. The van der Waals surface area contributed by atoms with Crippen LogP contribution in [0.1, 0.15) is 0 Å². The van der Waals surface area contributed by atoms with Gasteiger partial charge in [0.05, 0.1) is 15.9 Å². The van der Waals surface area contributed by atoms with Gasteiger partial charge in [0.2, 0.25) is 0 Å². The van der Waals surface area contributed by atoms with Crippen molar-refractivity contribution in [2.45, 2.75) is 0 Å². The monoisotopic (exact) mass is 751 g/mol. The lowest BCUT2D eigenvalue weighted by Gasteiger charge is -2.10. The van der Waals surface area contributed by atoms with Crippen molar-refractivity contribution in [1.29, 1.82) is 0 Å². The third-order valence-electron chi connectivity index (χ3n) is 10.2. The topological polar surface area (TPSA) is 64.5 Å². The molecule has 0 N–H and O–H groups in total. The first kappa shape index (κ1) is 32.5. The molecule has 0 aliphatic heterocycles. The summed E-state index contributed by atoms with van der Waals surface area (Å²) in [7, 11) is 0. The second-order valence-corrected chi connectivity index (χ2v) is 15.8. The molecule has 11 rings (SSSR count). The average Bonchev–Trinajstić information content (AvgIpc) is 3.85. The molecule has 262 valence electrons. The lowest BCUT2D eigenvalue weighted by Crippen LogP contribution is -2.00. The predicted molar refractivity (Wildman–Crippen MR) is 234 cm³/mol. The van der Waals surface area contributed by atoms with E-state index in [2.05, 4.69) is 121 Å². The predicted octanol–water partition coefficient (Wildman–Crippen LogP) is 13.4. The van der Waals surface area contributed by atoms with Crippen LogP contribution in [0.3, 0.4) is 0 Å². The van der Waals surface area contributed by atoms with Gasteiger partial charge in [-0.25, -0.2) is 24.9 Å². The molecule has 4 heterocycles. The van der Waals surface area contributed by atoms with E-state index in [9.17, 15) is 0 Å². The standard InChI is InChI=1S/C49H29N5S2/c1-4-14-30(15-5-1)33-20-12-21-34(28-33)48-52-47(32-18-8-3-9-19-32)53-49(54-48)35-26-27-36-41(29-35)55-40-25-13-23-38(42(36)40)44-45-43(37-22-10-11-24-39(37)56-45)50-46(51-44)31-16-6-2-7-17-31/h1-29H. The van der Waals surface area contributed by atoms with E-state index in [4.69, 9.17) is 24.9 Å². The molecular formula is C49H29N5S2. The van der Waals surface area contributed by atoms with Crippen LogP contribution in [0.15, 0.2) is 176 Å². The van der Waals surface area contributed by atoms with E-state index in [1.807, 2.05) is 54.6 Å². The fraction of sp³-hybridized carbons (Fsp3) is 0. The van der Waals surface area contributed by atoms with E-state index in [1.54, 1.807) is 22.7 Å². The van der Waals surface area contributed by atoms with Crippen molar-refractivity contribution in [2.24, 2.45) is 0 Å². The Bertz CT molecular complexity index is 3250. The van der Waals surface area contributed by atoms with Gasteiger partial charge in [0.1, 0.15) is 0 Å². The van der Waals surface area contributed by atoms with E-state index in [0.717, 1.165) is 70.8 Å². The number of hydrogen-bond acceptors (Lipinski definition) is 7. The number of nitrogens with zero attached hydrogens (tertiary/aromatic N) is 5. The minimum atomic E-state index is 0.633. The molecule has 0 bridgehead atoms. The lowest BCUT2D eigenvalue weighted by atomic mass is 10.0. The second-order valence-electron chi connectivity index (χ2n) is 13.6. The highest BCUT2D eigenvalue weighted by Crippen LogP contribution is 2.45. The van der Waals surface area contributed by atoms with E-state index in [0.29, 0.717) is 17.5 Å². The van der Waals surface area contributed by atoms with E-state index in [-0.39, 0.29) is 0 Å². The summed E-state index contributed by atoms with van der Waals surface area (Å²) in [6.07, 6.45) is 0. The molecule has 0 aliphatic carbocycles. The molecule has 0 amide bonds. The zero-order valence-electron chi connectivity index (χ0n) is 29.8. The quantitative estimate of drug-likeness (QED) is 0.169. The SMILES string of the molecule is c1ccc(-c2cccc(-c3nc(-c4ccccc4)nc(-c4ccc5c(c4)sc4cccc(-c6nc(-c7ccccc7)nc7c6sc6ccccc67)c45)n3)c2)cc1. The molecule has 11 aromatic rings. The Labute approximate surface area is 330 Å². The molecule has 56 heavy (non-hydrogen) atoms. The highest BCUT2D eigenvalue weighted by molar-refractivity contribution is 7.26. The summed E-state index contributed by atoms with van der Waals surface area (Å²) in [4.78, 5) is 25.7. The molecule has 5 nitrogen and oxygen atoms in total. The third-order valence-corrected chi connectivity index (χ3v) is 12.4. The minimum Gasteiger partial charge on any atom is -0.226 e. The third kappa shape index (κ3) is 5.64. The first-order valence-corrected chi connectivity index (χ1v) is 20.0. The van der Waals surface area contributed by atoms with Crippen LogP contribution >= 0.6 is 22.7 Å². The fourth-order valence-corrected chi connectivity index (χ4v) is 9.79. The van der Waals surface area contributed by atoms with Gasteiger partial charge in [0.15, 0.2) is 23.3 Å². The van der Waals surface area contributed by atoms with Gasteiger partial charge in [-0.1, -0.05) is 152 Å². The zero-order chi connectivity index (χ0) is 37.0. The maximum absolute atomic E-state index is 5.32. The van der Waals surface area contributed by atoms with Crippen LogP contribution in [0.25, 0.3) is 108 Å². The van der Waals surface area contributed by atoms with Crippen LogP contribution in [-0.4, -0.2) is 24.9 Å². The Morgan fingerprint density at radius 2 is 0.875 bits per heavy atom. The van der Waals surface area contributed by atoms with Gasteiger partial charge in [-0.05, 0) is 35.4 Å². The molecule has 0 unspecified atom stereocenters. The summed E-state index contributed by atoms with van der Waals surface area (Å²) in [6.45, 7) is 0. The highest BCUT2D eigenvalue weighted by Gasteiger charge is 2.21. The first-order valence-electron chi connectivity index (χ1n) is 18.4. The Kier molecular flexibility index (Phi) is 7.79. The molecular weight excluding hydrogens is 723 g/mol. The first-order chi connectivity index (χ1) is 27.7. The smallest absolute Gasteiger partial charge is 0.164 e. The van der Waals surface area contributed by atoms with Gasteiger partial charge in [0, 0.05) is 58.1 Å². The summed E-state index contributed by atoms with van der Waals surface area (Å²) >= 11 is 3.54. The van der Waals surface area contributed by atoms with Crippen LogP contribution in [0.5, 0.6) is 0 Å². The number of fused-ring (bicyclic) bond motifs is 6. The van der Waals surface area contributed by atoms with Crippen LogP contribution in [-0.2, 0) is 0 Å².